The number of halogens is 2. The van der Waals surface area contributed by atoms with Crippen LogP contribution in [0.4, 0.5) is 20.6 Å². The Bertz CT molecular complexity index is 1420. The molecular weight excluding hydrogens is 511 g/mol. The zero-order chi connectivity index (χ0) is 26.0. The lowest BCUT2D eigenvalue weighted by Gasteiger charge is -2.24. The summed E-state index contributed by atoms with van der Waals surface area (Å²) in [7, 11) is -4.04. The Labute approximate surface area is 211 Å². The Balaban J connectivity index is 1.51. The molecule has 0 radical (unpaired) electrons. The Morgan fingerprint density at radius 3 is 2.42 bits per heavy atom. The maximum Gasteiger partial charge on any atom is 0.322 e. The predicted molar refractivity (Wildman–Crippen MR) is 133 cm³/mol. The van der Waals surface area contributed by atoms with Crippen LogP contribution in [0.25, 0.3) is 11.1 Å². The molecule has 4 rings (SSSR count). The monoisotopic (exact) mass is 532 g/mol. The van der Waals surface area contributed by atoms with Gasteiger partial charge in [0.15, 0.2) is 0 Å². The van der Waals surface area contributed by atoms with Crippen molar-refractivity contribution < 1.29 is 27.5 Å². The van der Waals surface area contributed by atoms with Gasteiger partial charge in [-0.2, -0.15) is 0 Å². The first kappa shape index (κ1) is 25.6. The van der Waals surface area contributed by atoms with Gasteiger partial charge in [0.05, 0.1) is 16.7 Å². The van der Waals surface area contributed by atoms with Gasteiger partial charge < -0.3 is 20.6 Å². The highest BCUT2D eigenvalue weighted by Crippen LogP contribution is 2.30. The van der Waals surface area contributed by atoms with Crippen molar-refractivity contribution in [3.8, 4) is 11.1 Å². The minimum Gasteiger partial charge on any atom is -0.391 e. The molecule has 0 spiro atoms. The van der Waals surface area contributed by atoms with Crippen LogP contribution in [-0.4, -0.2) is 49.1 Å². The van der Waals surface area contributed by atoms with Crippen LogP contribution < -0.4 is 15.8 Å². The second-order valence-electron chi connectivity index (χ2n) is 8.22. The minimum atomic E-state index is -4.04. The average molecular weight is 533 g/mol. The van der Waals surface area contributed by atoms with Gasteiger partial charge in [0.2, 0.25) is 15.9 Å². The summed E-state index contributed by atoms with van der Waals surface area (Å²) in [6.07, 6.45) is -0.958. The van der Waals surface area contributed by atoms with Crippen LogP contribution in [0.15, 0.2) is 71.6 Å². The molecule has 3 aromatic rings. The maximum absolute atomic E-state index is 14.9. The van der Waals surface area contributed by atoms with Crippen LogP contribution in [0.3, 0.4) is 0 Å². The molecule has 1 aliphatic rings. The topological polar surface area (TPSA) is 142 Å². The van der Waals surface area contributed by atoms with Crippen molar-refractivity contribution in [2.45, 2.75) is 23.5 Å². The summed E-state index contributed by atoms with van der Waals surface area (Å²) in [5, 5.41) is 20.9. The quantitative estimate of drug-likeness (QED) is 0.398. The number of nitrogens with two attached hydrogens (primary N) is 1. The third kappa shape index (κ3) is 5.65. The number of hydrogen-bond acceptors (Lipinski definition) is 5. The molecule has 36 heavy (non-hydrogen) atoms. The van der Waals surface area contributed by atoms with Crippen molar-refractivity contribution in [1.82, 2.24) is 4.90 Å². The van der Waals surface area contributed by atoms with Crippen molar-refractivity contribution in [1.29, 1.82) is 0 Å². The number of likely N-dealkylation sites (tertiary alicyclic amines) is 1. The highest BCUT2D eigenvalue weighted by molar-refractivity contribution is 7.89. The highest BCUT2D eigenvalue weighted by Gasteiger charge is 2.39. The molecule has 0 saturated carbocycles. The molecule has 12 heteroatoms. The molecule has 0 bridgehead atoms. The lowest BCUT2D eigenvalue weighted by atomic mass is 10.0. The molecule has 3 amide bonds. The van der Waals surface area contributed by atoms with E-state index in [0.717, 1.165) is 6.07 Å². The smallest absolute Gasteiger partial charge is 0.322 e. The number of carbonyl (C=O) groups excluding carboxylic acids is 2. The van der Waals surface area contributed by atoms with Crippen molar-refractivity contribution >= 4 is 44.9 Å². The molecule has 2 atom stereocenters. The number of amides is 3. The van der Waals surface area contributed by atoms with Gasteiger partial charge in [-0.15, -0.1) is 0 Å². The van der Waals surface area contributed by atoms with Crippen LogP contribution in [0.5, 0.6) is 0 Å². The van der Waals surface area contributed by atoms with Gasteiger partial charge in [-0.25, -0.2) is 22.7 Å². The number of benzene rings is 3. The predicted octanol–water partition coefficient (Wildman–Crippen LogP) is 3.40. The van der Waals surface area contributed by atoms with Gasteiger partial charge in [0.1, 0.15) is 11.9 Å². The molecule has 1 heterocycles. The number of nitrogens with zero attached hydrogens (tertiary/aromatic N) is 1. The standard InChI is InChI=1S/C24H22ClFN4O5S/c25-15-6-8-16(9-7-15)28-24(33)30-13-17(31)12-21(30)23(32)29-20-10-5-14(11-19(20)26)18-3-1-2-4-22(18)36(27,34)35/h1-11,17,21,31H,12-13H2,(H,28,33)(H,29,32)(H2,27,34,35)/t17?,21-/m1/s1. The van der Waals surface area contributed by atoms with Gasteiger partial charge in [0, 0.05) is 29.2 Å². The lowest BCUT2D eigenvalue weighted by molar-refractivity contribution is -0.119. The van der Waals surface area contributed by atoms with Crippen LogP contribution >= 0.6 is 11.6 Å². The van der Waals surface area contributed by atoms with Crippen LogP contribution in [0.1, 0.15) is 6.42 Å². The largest absolute Gasteiger partial charge is 0.391 e. The SMILES string of the molecule is NS(=O)(=O)c1ccccc1-c1ccc(NC(=O)[C@H]2CC(O)CN2C(=O)Nc2ccc(Cl)cc2)c(F)c1. The molecule has 9 nitrogen and oxygen atoms in total. The van der Waals surface area contributed by atoms with E-state index in [4.69, 9.17) is 16.7 Å². The van der Waals surface area contributed by atoms with E-state index in [-0.39, 0.29) is 34.7 Å². The number of aliphatic hydroxyl groups excluding tert-OH is 1. The normalized spacial score (nSPS) is 17.6. The molecule has 1 aliphatic heterocycles. The zero-order valence-electron chi connectivity index (χ0n) is 18.7. The molecule has 188 valence electrons. The molecule has 5 N–H and O–H groups in total. The van der Waals surface area contributed by atoms with Crippen LogP contribution in [-0.2, 0) is 14.8 Å². The lowest BCUT2D eigenvalue weighted by Crippen LogP contribution is -2.45. The summed E-state index contributed by atoms with van der Waals surface area (Å²) < 4.78 is 38.7. The number of anilines is 2. The zero-order valence-corrected chi connectivity index (χ0v) is 20.3. The van der Waals surface area contributed by atoms with E-state index in [1.165, 1.54) is 35.2 Å². The van der Waals surface area contributed by atoms with Gasteiger partial charge >= 0.3 is 6.03 Å². The third-order valence-corrected chi connectivity index (χ3v) is 6.89. The molecule has 1 unspecified atom stereocenters. The fourth-order valence-corrected chi connectivity index (χ4v) is 4.86. The minimum absolute atomic E-state index is 0.0265. The molecule has 1 saturated heterocycles. The van der Waals surface area contributed by atoms with Gasteiger partial charge in [0.25, 0.3) is 0 Å². The average Bonchev–Trinajstić information content (AvgIpc) is 3.23. The van der Waals surface area contributed by atoms with E-state index in [1.54, 1.807) is 30.3 Å². The van der Waals surface area contributed by atoms with E-state index in [1.807, 2.05) is 0 Å². The third-order valence-electron chi connectivity index (χ3n) is 5.67. The summed E-state index contributed by atoms with van der Waals surface area (Å²) in [5.74, 6) is -1.50. The first-order chi connectivity index (χ1) is 17.0. The summed E-state index contributed by atoms with van der Waals surface area (Å²) in [6, 6.07) is 14.4. The number of rotatable bonds is 5. The summed E-state index contributed by atoms with van der Waals surface area (Å²) in [6.45, 7) is -0.0801. The van der Waals surface area contributed by atoms with Crippen LogP contribution in [0, 0.1) is 5.82 Å². The number of β-amino-alcohol motifs (C(OH)–C–C–N with tert-alkyl or cyclic N) is 1. The number of carbonyl (C=O) groups is 2. The summed E-state index contributed by atoms with van der Waals surface area (Å²) in [4.78, 5) is 26.7. The maximum atomic E-state index is 14.9. The number of nitrogens with one attached hydrogen (secondary N) is 2. The fourth-order valence-electron chi connectivity index (χ4n) is 3.97. The van der Waals surface area contributed by atoms with Gasteiger partial charge in [-0.1, -0.05) is 35.9 Å². The Kier molecular flexibility index (Phi) is 7.27. The van der Waals surface area contributed by atoms with E-state index in [9.17, 15) is 27.5 Å². The van der Waals surface area contributed by atoms with Gasteiger partial charge in [-0.3, -0.25) is 4.79 Å². The second-order valence-corrected chi connectivity index (χ2v) is 10.2. The Morgan fingerprint density at radius 1 is 1.06 bits per heavy atom. The molecule has 0 aliphatic carbocycles. The second kappa shape index (κ2) is 10.2. The molecule has 3 aromatic carbocycles. The number of primary sulfonamides is 1. The van der Waals surface area contributed by atoms with E-state index < -0.39 is 39.9 Å². The van der Waals surface area contributed by atoms with Gasteiger partial charge in [-0.05, 0) is 48.0 Å². The number of aliphatic hydroxyl groups is 1. The van der Waals surface area contributed by atoms with Crippen molar-refractivity contribution in [2.24, 2.45) is 5.14 Å². The fraction of sp³-hybridized carbons (Fsp3) is 0.167. The molecule has 0 aromatic heterocycles. The number of urea groups is 1. The summed E-state index contributed by atoms with van der Waals surface area (Å²) >= 11 is 5.85. The van der Waals surface area contributed by atoms with E-state index in [0.29, 0.717) is 10.7 Å². The highest BCUT2D eigenvalue weighted by atomic mass is 35.5. The number of hydrogen-bond donors (Lipinski definition) is 4. The molecule has 1 fully saturated rings. The first-order valence-electron chi connectivity index (χ1n) is 10.8. The number of sulfonamides is 1. The van der Waals surface area contributed by atoms with Crippen molar-refractivity contribution in [2.75, 3.05) is 17.2 Å². The van der Waals surface area contributed by atoms with E-state index in [2.05, 4.69) is 10.6 Å². The molecular formula is C24H22ClFN4O5S. The first-order valence-corrected chi connectivity index (χ1v) is 12.7. The summed E-state index contributed by atoms with van der Waals surface area (Å²) in [5.41, 5.74) is 0.735. The van der Waals surface area contributed by atoms with E-state index >= 15 is 0 Å². The van der Waals surface area contributed by atoms with Crippen molar-refractivity contribution in [3.05, 3.63) is 77.6 Å². The van der Waals surface area contributed by atoms with Crippen LogP contribution in [0.2, 0.25) is 5.02 Å². The van der Waals surface area contributed by atoms with Crippen molar-refractivity contribution in [3.63, 3.8) is 0 Å². The Hall–Kier alpha value is -3.51. The Morgan fingerprint density at radius 2 is 1.75 bits per heavy atom.